The fraction of sp³-hybridized carbons (Fsp3) is 0.188. The van der Waals surface area contributed by atoms with E-state index in [1.165, 1.54) is 37.4 Å². The molecule has 0 aliphatic heterocycles. The number of nitrogens with zero attached hydrogens (tertiary/aromatic N) is 1. The molecule has 2 N–H and O–H groups in total. The first kappa shape index (κ1) is 19.0. The number of carbonyl (C=O) groups is 1. The molecule has 0 aromatic heterocycles. The van der Waals surface area contributed by atoms with E-state index in [2.05, 4.69) is 0 Å². The molecule has 0 heterocycles. The second-order valence-electron chi connectivity index (χ2n) is 5.02. The maximum atomic E-state index is 11.5. The molecule has 132 valence electrons. The van der Waals surface area contributed by atoms with Crippen molar-refractivity contribution in [2.75, 3.05) is 7.11 Å². The smallest absolute Gasteiger partial charge is 0.435 e. The number of hydrogen-bond donors (Lipinski definition) is 2. The van der Waals surface area contributed by atoms with Crippen molar-refractivity contribution in [3.8, 4) is 5.75 Å². The standard InChI is InChI=1S/C16H14ClNO6S/c1-24-12-7-5-10(6-8-12)14(16(21,15(19)20)18(22)23)25-13-4-2-3-11(17)9-13/h2-9,14,21H,1H3,(H,19,20). The summed E-state index contributed by atoms with van der Waals surface area (Å²) >= 11 is 6.75. The highest BCUT2D eigenvalue weighted by atomic mass is 35.5. The van der Waals surface area contributed by atoms with Gasteiger partial charge in [-0.3, -0.25) is 10.1 Å². The van der Waals surface area contributed by atoms with E-state index in [1.54, 1.807) is 18.2 Å². The Morgan fingerprint density at radius 2 is 1.96 bits per heavy atom. The molecule has 2 aromatic carbocycles. The number of thioether (sulfide) groups is 1. The summed E-state index contributed by atoms with van der Waals surface area (Å²) in [5, 5.41) is 30.0. The van der Waals surface area contributed by atoms with Crippen molar-refractivity contribution in [2.45, 2.75) is 15.9 Å². The van der Waals surface area contributed by atoms with Crippen molar-refractivity contribution >= 4 is 29.3 Å². The van der Waals surface area contributed by atoms with E-state index >= 15 is 0 Å². The first-order chi connectivity index (χ1) is 11.8. The van der Waals surface area contributed by atoms with Crippen molar-refractivity contribution < 1.29 is 24.7 Å². The molecule has 2 unspecified atom stereocenters. The molecule has 0 fully saturated rings. The number of carboxylic acids is 1. The molecule has 0 bridgehead atoms. The van der Waals surface area contributed by atoms with Gasteiger partial charge in [0.2, 0.25) is 0 Å². The van der Waals surface area contributed by atoms with Crippen LogP contribution >= 0.6 is 23.4 Å². The monoisotopic (exact) mass is 383 g/mol. The van der Waals surface area contributed by atoms with Crippen LogP contribution in [0, 0.1) is 10.1 Å². The van der Waals surface area contributed by atoms with Gasteiger partial charge in [-0.1, -0.05) is 29.8 Å². The number of halogens is 1. The second kappa shape index (κ2) is 7.73. The molecule has 0 radical (unpaired) electrons. The number of aliphatic carboxylic acids is 1. The number of aliphatic hydroxyl groups is 1. The highest BCUT2D eigenvalue weighted by molar-refractivity contribution is 7.99. The Hall–Kier alpha value is -2.29. The Balaban J connectivity index is 2.53. The van der Waals surface area contributed by atoms with Crippen LogP contribution in [-0.4, -0.2) is 33.9 Å². The summed E-state index contributed by atoms with van der Waals surface area (Å²) in [6, 6.07) is 12.4. The average Bonchev–Trinajstić information content (AvgIpc) is 2.59. The van der Waals surface area contributed by atoms with Gasteiger partial charge in [0.25, 0.3) is 0 Å². The Kier molecular flexibility index (Phi) is 5.89. The zero-order valence-corrected chi connectivity index (χ0v) is 14.5. The van der Waals surface area contributed by atoms with E-state index in [4.69, 9.17) is 16.3 Å². The number of rotatable bonds is 7. The number of ether oxygens (including phenoxy) is 1. The summed E-state index contributed by atoms with van der Waals surface area (Å²) in [5.74, 6) is -1.46. The minimum Gasteiger partial charge on any atom is -0.497 e. The molecule has 9 heteroatoms. The number of carboxylic acid groups (broad SMARTS) is 1. The summed E-state index contributed by atoms with van der Waals surface area (Å²) < 4.78 is 5.03. The van der Waals surface area contributed by atoms with Gasteiger partial charge in [-0.25, -0.2) is 4.79 Å². The quantitative estimate of drug-likeness (QED) is 0.327. The van der Waals surface area contributed by atoms with Gasteiger partial charge in [-0.2, -0.15) is 0 Å². The summed E-state index contributed by atoms with van der Waals surface area (Å²) in [6.07, 6.45) is 0. The summed E-state index contributed by atoms with van der Waals surface area (Å²) in [7, 11) is 1.46. The molecule has 0 aliphatic rings. The summed E-state index contributed by atoms with van der Waals surface area (Å²) in [5.41, 5.74) is -2.96. The van der Waals surface area contributed by atoms with Gasteiger partial charge < -0.3 is 14.9 Å². The van der Waals surface area contributed by atoms with E-state index in [0.717, 1.165) is 11.8 Å². The van der Waals surface area contributed by atoms with Crippen LogP contribution in [0.5, 0.6) is 5.75 Å². The van der Waals surface area contributed by atoms with Crippen molar-refractivity contribution in [3.05, 3.63) is 69.2 Å². The Morgan fingerprint density at radius 3 is 2.44 bits per heavy atom. The van der Waals surface area contributed by atoms with E-state index in [-0.39, 0.29) is 5.56 Å². The third-order valence-corrected chi connectivity index (χ3v) is 5.03. The predicted octanol–water partition coefficient (Wildman–Crippen LogP) is 3.23. The van der Waals surface area contributed by atoms with Crippen molar-refractivity contribution in [1.82, 2.24) is 0 Å². The third-order valence-electron chi connectivity index (χ3n) is 3.43. The van der Waals surface area contributed by atoms with Gasteiger partial charge in [0, 0.05) is 9.92 Å². The molecule has 0 saturated heterocycles. The molecule has 0 spiro atoms. The predicted molar refractivity (Wildman–Crippen MR) is 92.6 cm³/mol. The largest absolute Gasteiger partial charge is 0.497 e. The molecule has 25 heavy (non-hydrogen) atoms. The van der Waals surface area contributed by atoms with E-state index in [1.807, 2.05) is 0 Å². The van der Waals surface area contributed by atoms with Crippen LogP contribution in [0.15, 0.2) is 53.4 Å². The summed E-state index contributed by atoms with van der Waals surface area (Å²) in [6.45, 7) is 0. The van der Waals surface area contributed by atoms with Crippen LogP contribution in [0.25, 0.3) is 0 Å². The van der Waals surface area contributed by atoms with Crippen molar-refractivity contribution in [1.29, 1.82) is 0 Å². The van der Waals surface area contributed by atoms with Crippen LogP contribution in [0.2, 0.25) is 5.02 Å². The van der Waals surface area contributed by atoms with E-state index in [0.29, 0.717) is 15.7 Å². The molecule has 7 nitrogen and oxygen atoms in total. The average molecular weight is 384 g/mol. The van der Waals surface area contributed by atoms with Crippen LogP contribution < -0.4 is 4.74 Å². The van der Waals surface area contributed by atoms with Gasteiger partial charge in [-0.15, -0.1) is 11.8 Å². The molecule has 2 atom stereocenters. The Morgan fingerprint density at radius 1 is 1.32 bits per heavy atom. The normalized spacial score (nSPS) is 14.4. The lowest BCUT2D eigenvalue weighted by atomic mass is 10.0. The lowest BCUT2D eigenvalue weighted by molar-refractivity contribution is -0.607. The first-order valence-electron chi connectivity index (χ1n) is 6.95. The third kappa shape index (κ3) is 4.04. The minimum atomic E-state index is -3.22. The number of methoxy groups -OCH3 is 1. The second-order valence-corrected chi connectivity index (χ2v) is 6.63. The van der Waals surface area contributed by atoms with Crippen molar-refractivity contribution in [2.24, 2.45) is 0 Å². The van der Waals surface area contributed by atoms with E-state index < -0.39 is 21.9 Å². The van der Waals surface area contributed by atoms with Crippen molar-refractivity contribution in [3.63, 3.8) is 0 Å². The van der Waals surface area contributed by atoms with Gasteiger partial charge in [0.15, 0.2) is 0 Å². The number of hydrogen-bond acceptors (Lipinski definition) is 6. The zero-order chi connectivity index (χ0) is 18.6. The number of benzene rings is 2. The molecular weight excluding hydrogens is 370 g/mol. The maximum Gasteiger partial charge on any atom is 0.435 e. The molecular formula is C16H14ClNO6S. The highest BCUT2D eigenvalue weighted by Gasteiger charge is 2.58. The maximum absolute atomic E-state index is 11.5. The Bertz CT molecular complexity index is 768. The minimum absolute atomic E-state index is 0.257. The van der Waals surface area contributed by atoms with Crippen LogP contribution in [0.1, 0.15) is 10.8 Å². The van der Waals surface area contributed by atoms with Gasteiger partial charge in [0.05, 0.1) is 12.0 Å². The van der Waals surface area contributed by atoms with Gasteiger partial charge >= 0.3 is 11.7 Å². The highest BCUT2D eigenvalue weighted by Crippen LogP contribution is 2.44. The lowest BCUT2D eigenvalue weighted by Gasteiger charge is -2.25. The fourth-order valence-electron chi connectivity index (χ4n) is 2.12. The van der Waals surface area contributed by atoms with Crippen LogP contribution in [0.4, 0.5) is 0 Å². The lowest BCUT2D eigenvalue weighted by Crippen LogP contribution is -2.50. The first-order valence-corrected chi connectivity index (χ1v) is 8.21. The Labute approximate surface area is 152 Å². The molecule has 0 saturated carbocycles. The van der Waals surface area contributed by atoms with Gasteiger partial charge in [-0.05, 0) is 35.9 Å². The number of nitro groups is 1. The fourth-order valence-corrected chi connectivity index (χ4v) is 3.65. The zero-order valence-electron chi connectivity index (χ0n) is 13.0. The SMILES string of the molecule is COc1ccc(C(Sc2cccc(Cl)c2)C(O)(C(=O)O)[N+](=O)[O-])cc1. The molecule has 0 amide bonds. The molecule has 2 rings (SSSR count). The molecule has 2 aromatic rings. The van der Waals surface area contributed by atoms with E-state index in [9.17, 15) is 25.1 Å². The van der Waals surface area contributed by atoms with Crippen LogP contribution in [0.3, 0.4) is 0 Å². The van der Waals surface area contributed by atoms with Crippen LogP contribution in [-0.2, 0) is 4.79 Å². The van der Waals surface area contributed by atoms with Gasteiger partial charge in [0.1, 0.15) is 11.0 Å². The summed E-state index contributed by atoms with van der Waals surface area (Å²) in [4.78, 5) is 22.1. The topological polar surface area (TPSA) is 110 Å². The molecule has 0 aliphatic carbocycles.